The van der Waals surface area contributed by atoms with Gasteiger partial charge in [-0.3, -0.25) is 9.69 Å². The Bertz CT molecular complexity index is 717. The quantitative estimate of drug-likeness (QED) is 0.806. The predicted octanol–water partition coefficient (Wildman–Crippen LogP) is 2.71. The summed E-state index contributed by atoms with van der Waals surface area (Å²) in [5.74, 6) is 0.964. The van der Waals surface area contributed by atoms with E-state index in [9.17, 15) is 9.59 Å². The predicted molar refractivity (Wildman–Crippen MR) is 96.8 cm³/mol. The molecule has 1 aliphatic heterocycles. The molecule has 6 heteroatoms. The molecule has 1 fully saturated rings. The van der Waals surface area contributed by atoms with E-state index in [4.69, 9.17) is 4.42 Å². The molecule has 0 atom stereocenters. The van der Waals surface area contributed by atoms with Crippen molar-refractivity contribution in [1.82, 2.24) is 10.2 Å². The summed E-state index contributed by atoms with van der Waals surface area (Å²) >= 11 is 0. The summed E-state index contributed by atoms with van der Waals surface area (Å²) < 4.78 is 10.0. The number of amides is 1. The number of carbonyl (C=O) groups excluding carboxylic acids is 2. The molecule has 138 valence electrons. The minimum absolute atomic E-state index is 0.112. The molecule has 1 aliphatic rings. The van der Waals surface area contributed by atoms with Gasteiger partial charge in [0.1, 0.15) is 5.76 Å². The number of benzene rings is 1. The summed E-state index contributed by atoms with van der Waals surface area (Å²) in [6, 6.07) is 10.4. The topological polar surface area (TPSA) is 71.8 Å². The monoisotopic (exact) mass is 356 g/mol. The van der Waals surface area contributed by atoms with E-state index in [2.05, 4.69) is 15.0 Å². The Balaban J connectivity index is 1.41. The zero-order chi connectivity index (χ0) is 18.4. The third-order valence-corrected chi connectivity index (χ3v) is 4.79. The summed E-state index contributed by atoms with van der Waals surface area (Å²) in [6.45, 7) is 3.54. The standard InChI is InChI=1S/C20H24N2O4/c1-25-20(24)17-6-4-16(5-7-17)19(23)21-13-15-8-10-22(11-9-15)14-18-3-2-12-26-18/h2-7,12,15H,8-11,13-14H2,1H3,(H,21,23). The van der Waals surface area contributed by atoms with Gasteiger partial charge < -0.3 is 14.5 Å². The van der Waals surface area contributed by atoms with Crippen LogP contribution in [-0.2, 0) is 11.3 Å². The van der Waals surface area contributed by atoms with Gasteiger partial charge in [-0.25, -0.2) is 4.79 Å². The fraction of sp³-hybridized carbons (Fsp3) is 0.400. The first-order valence-corrected chi connectivity index (χ1v) is 8.87. The smallest absolute Gasteiger partial charge is 0.337 e. The molecule has 6 nitrogen and oxygen atoms in total. The maximum absolute atomic E-state index is 12.3. The zero-order valence-electron chi connectivity index (χ0n) is 14.9. The van der Waals surface area contributed by atoms with Gasteiger partial charge in [0.25, 0.3) is 5.91 Å². The molecule has 1 N–H and O–H groups in total. The Morgan fingerprint density at radius 2 is 1.85 bits per heavy atom. The van der Waals surface area contributed by atoms with Gasteiger partial charge in [-0.2, -0.15) is 0 Å². The second-order valence-electron chi connectivity index (χ2n) is 6.58. The van der Waals surface area contributed by atoms with E-state index < -0.39 is 5.97 Å². The van der Waals surface area contributed by atoms with E-state index in [1.165, 1.54) is 7.11 Å². The lowest BCUT2D eigenvalue weighted by atomic mass is 9.96. The van der Waals surface area contributed by atoms with Crippen LogP contribution in [0.2, 0.25) is 0 Å². The van der Waals surface area contributed by atoms with Gasteiger partial charge >= 0.3 is 5.97 Å². The minimum Gasteiger partial charge on any atom is -0.468 e. The fourth-order valence-corrected chi connectivity index (χ4v) is 3.19. The number of ether oxygens (including phenoxy) is 1. The van der Waals surface area contributed by atoms with Crippen molar-refractivity contribution in [3.05, 3.63) is 59.5 Å². The molecule has 0 unspecified atom stereocenters. The molecule has 1 amide bonds. The zero-order valence-corrected chi connectivity index (χ0v) is 14.9. The van der Waals surface area contributed by atoms with Crippen LogP contribution in [0.4, 0.5) is 0 Å². The number of hydrogen-bond acceptors (Lipinski definition) is 5. The van der Waals surface area contributed by atoms with Crippen LogP contribution in [0.5, 0.6) is 0 Å². The van der Waals surface area contributed by atoms with Gasteiger partial charge in [-0.1, -0.05) is 0 Å². The third kappa shape index (κ3) is 4.73. The fourth-order valence-electron chi connectivity index (χ4n) is 3.19. The Labute approximate surface area is 153 Å². The lowest BCUT2D eigenvalue weighted by Gasteiger charge is -2.31. The number of carbonyl (C=O) groups is 2. The van der Waals surface area contributed by atoms with E-state index in [1.54, 1.807) is 30.5 Å². The number of piperidine rings is 1. The third-order valence-electron chi connectivity index (χ3n) is 4.79. The Kier molecular flexibility index (Phi) is 6.07. The van der Waals surface area contributed by atoms with Crippen LogP contribution in [0.3, 0.4) is 0 Å². The van der Waals surface area contributed by atoms with Crippen LogP contribution in [0.15, 0.2) is 47.1 Å². The maximum Gasteiger partial charge on any atom is 0.337 e. The first-order valence-electron chi connectivity index (χ1n) is 8.87. The van der Waals surface area contributed by atoms with Crippen molar-refractivity contribution in [1.29, 1.82) is 0 Å². The average molecular weight is 356 g/mol. The van der Waals surface area contributed by atoms with Crippen molar-refractivity contribution in [2.45, 2.75) is 19.4 Å². The molecule has 0 radical (unpaired) electrons. The first-order chi connectivity index (χ1) is 12.7. The molecule has 2 aromatic rings. The Morgan fingerprint density at radius 3 is 2.46 bits per heavy atom. The molecule has 1 aromatic carbocycles. The van der Waals surface area contributed by atoms with Crippen LogP contribution >= 0.6 is 0 Å². The summed E-state index contributed by atoms with van der Waals surface area (Å²) in [6.07, 6.45) is 3.82. The van der Waals surface area contributed by atoms with Crippen molar-refractivity contribution >= 4 is 11.9 Å². The minimum atomic E-state index is -0.404. The molecule has 2 heterocycles. The number of methoxy groups -OCH3 is 1. The number of hydrogen-bond donors (Lipinski definition) is 1. The van der Waals surface area contributed by atoms with Crippen molar-refractivity contribution in [2.75, 3.05) is 26.7 Å². The van der Waals surface area contributed by atoms with Gasteiger partial charge in [0.2, 0.25) is 0 Å². The van der Waals surface area contributed by atoms with Gasteiger partial charge in [0.15, 0.2) is 0 Å². The van der Waals surface area contributed by atoms with Gasteiger partial charge in [-0.15, -0.1) is 0 Å². The van der Waals surface area contributed by atoms with Gasteiger partial charge in [0, 0.05) is 12.1 Å². The second kappa shape index (κ2) is 8.67. The number of rotatable bonds is 6. The Hall–Kier alpha value is -2.60. The molecule has 0 aliphatic carbocycles. The van der Waals surface area contributed by atoms with Gasteiger partial charge in [-0.05, 0) is 68.2 Å². The second-order valence-corrected chi connectivity index (χ2v) is 6.58. The molecule has 26 heavy (non-hydrogen) atoms. The van der Waals surface area contributed by atoms with Crippen LogP contribution < -0.4 is 5.32 Å². The lowest BCUT2D eigenvalue weighted by molar-refractivity contribution is 0.0600. The van der Waals surface area contributed by atoms with E-state index >= 15 is 0 Å². The van der Waals surface area contributed by atoms with Crippen molar-refractivity contribution in [3.63, 3.8) is 0 Å². The first kappa shape index (κ1) is 18.2. The highest BCUT2D eigenvalue weighted by atomic mass is 16.5. The van der Waals surface area contributed by atoms with Crippen LogP contribution in [-0.4, -0.2) is 43.5 Å². The molecule has 1 saturated heterocycles. The molecular formula is C20H24N2O4. The number of nitrogens with zero attached hydrogens (tertiary/aromatic N) is 1. The highest BCUT2D eigenvalue weighted by Crippen LogP contribution is 2.18. The highest BCUT2D eigenvalue weighted by molar-refractivity contribution is 5.96. The number of esters is 1. The van der Waals surface area contributed by atoms with Gasteiger partial charge in [0.05, 0.1) is 25.5 Å². The number of likely N-dealkylation sites (tertiary alicyclic amines) is 1. The molecular weight excluding hydrogens is 332 g/mol. The van der Waals surface area contributed by atoms with E-state index in [-0.39, 0.29) is 5.91 Å². The van der Waals surface area contributed by atoms with E-state index in [0.29, 0.717) is 23.6 Å². The largest absolute Gasteiger partial charge is 0.468 e. The highest BCUT2D eigenvalue weighted by Gasteiger charge is 2.20. The maximum atomic E-state index is 12.3. The summed E-state index contributed by atoms with van der Waals surface area (Å²) in [5, 5.41) is 3.00. The lowest BCUT2D eigenvalue weighted by Crippen LogP contribution is -2.38. The average Bonchev–Trinajstić information content (AvgIpc) is 3.19. The SMILES string of the molecule is COC(=O)c1ccc(C(=O)NCC2CCN(Cc3ccco3)CC2)cc1. The number of furan rings is 1. The van der Waals surface area contributed by atoms with Crippen molar-refractivity contribution in [3.8, 4) is 0 Å². The number of nitrogens with one attached hydrogen (secondary N) is 1. The molecule has 0 bridgehead atoms. The Morgan fingerprint density at radius 1 is 1.15 bits per heavy atom. The summed E-state index contributed by atoms with van der Waals surface area (Å²) in [4.78, 5) is 26.1. The van der Waals surface area contributed by atoms with Crippen LogP contribution in [0.25, 0.3) is 0 Å². The summed E-state index contributed by atoms with van der Waals surface area (Å²) in [5.41, 5.74) is 0.987. The van der Waals surface area contributed by atoms with Crippen molar-refractivity contribution < 1.29 is 18.7 Å². The molecule has 0 saturated carbocycles. The van der Waals surface area contributed by atoms with E-state index in [0.717, 1.165) is 38.2 Å². The molecule has 1 aromatic heterocycles. The molecule has 3 rings (SSSR count). The van der Waals surface area contributed by atoms with Crippen LogP contribution in [0, 0.1) is 5.92 Å². The molecule has 0 spiro atoms. The van der Waals surface area contributed by atoms with Crippen molar-refractivity contribution in [2.24, 2.45) is 5.92 Å². The normalized spacial score (nSPS) is 15.6. The summed E-state index contributed by atoms with van der Waals surface area (Å²) in [7, 11) is 1.34. The van der Waals surface area contributed by atoms with E-state index in [1.807, 2.05) is 12.1 Å². The van der Waals surface area contributed by atoms with Crippen LogP contribution in [0.1, 0.15) is 39.3 Å².